The molecule has 0 radical (unpaired) electrons. The van der Waals surface area contributed by atoms with Gasteiger partial charge >= 0.3 is 0 Å². The van der Waals surface area contributed by atoms with Gasteiger partial charge in [-0.2, -0.15) is 0 Å². The third-order valence-electron chi connectivity index (χ3n) is 2.63. The maximum Gasteiger partial charge on any atom is 0.216 e. The Kier molecular flexibility index (Phi) is 6.22. The smallest absolute Gasteiger partial charge is 0.216 e. The summed E-state index contributed by atoms with van der Waals surface area (Å²) >= 11 is 0. The fourth-order valence-electron chi connectivity index (χ4n) is 1.76. The highest BCUT2D eigenvalue weighted by atomic mass is 16.5. The summed E-state index contributed by atoms with van der Waals surface area (Å²) in [4.78, 5) is 10.7. The fourth-order valence-corrected chi connectivity index (χ4v) is 1.76. The molecule has 1 atom stereocenters. The number of para-hydroxylation sites is 1. The van der Waals surface area contributed by atoms with Gasteiger partial charge in [0.1, 0.15) is 5.75 Å². The highest BCUT2D eigenvalue weighted by molar-refractivity contribution is 5.72. The van der Waals surface area contributed by atoms with Crippen LogP contribution in [0.5, 0.6) is 5.75 Å². The molecule has 0 aliphatic carbocycles. The van der Waals surface area contributed by atoms with Crippen molar-refractivity contribution in [3.05, 3.63) is 29.8 Å². The van der Waals surface area contributed by atoms with Gasteiger partial charge in [0, 0.05) is 31.6 Å². The van der Waals surface area contributed by atoms with Crippen LogP contribution in [0.2, 0.25) is 0 Å². The van der Waals surface area contributed by atoms with Gasteiger partial charge in [0.2, 0.25) is 5.91 Å². The summed E-state index contributed by atoms with van der Waals surface area (Å²) in [6, 6.07) is 8.20. The molecule has 0 heterocycles. The molecule has 0 aliphatic rings. The molecule has 0 fully saturated rings. The topological polar surface area (TPSA) is 50.4 Å². The highest BCUT2D eigenvalue weighted by Crippen LogP contribution is 2.24. The first-order chi connectivity index (χ1) is 8.65. The van der Waals surface area contributed by atoms with Gasteiger partial charge in [-0.15, -0.1) is 0 Å². The van der Waals surface area contributed by atoms with E-state index in [4.69, 9.17) is 4.74 Å². The van der Waals surface area contributed by atoms with Crippen LogP contribution in [0.15, 0.2) is 24.3 Å². The van der Waals surface area contributed by atoms with Gasteiger partial charge in [0.25, 0.3) is 0 Å². The SMILES string of the molecule is CCOc1ccccc1C(C)NCCNC(C)=O. The Morgan fingerprint density at radius 1 is 1.33 bits per heavy atom. The maximum atomic E-state index is 10.7. The standard InChI is InChI=1S/C14H22N2O2/c1-4-18-14-8-6-5-7-13(14)11(2)15-9-10-16-12(3)17/h5-8,11,15H,4,9-10H2,1-3H3,(H,16,17). The largest absolute Gasteiger partial charge is 0.494 e. The van der Waals surface area contributed by atoms with E-state index in [-0.39, 0.29) is 11.9 Å². The van der Waals surface area contributed by atoms with Crippen molar-refractivity contribution < 1.29 is 9.53 Å². The lowest BCUT2D eigenvalue weighted by Gasteiger charge is -2.18. The Morgan fingerprint density at radius 2 is 2.06 bits per heavy atom. The second kappa shape index (κ2) is 7.71. The van der Waals surface area contributed by atoms with E-state index >= 15 is 0 Å². The van der Waals surface area contributed by atoms with Crippen LogP contribution in [0.1, 0.15) is 32.4 Å². The van der Waals surface area contributed by atoms with Crippen LogP contribution >= 0.6 is 0 Å². The number of carbonyl (C=O) groups is 1. The second-order valence-electron chi connectivity index (χ2n) is 4.13. The second-order valence-corrected chi connectivity index (χ2v) is 4.13. The van der Waals surface area contributed by atoms with Crippen LogP contribution in [0.3, 0.4) is 0 Å². The van der Waals surface area contributed by atoms with Crippen molar-refractivity contribution >= 4 is 5.91 Å². The van der Waals surface area contributed by atoms with Gasteiger partial charge < -0.3 is 15.4 Å². The Hall–Kier alpha value is -1.55. The number of hydrogen-bond acceptors (Lipinski definition) is 3. The van der Waals surface area contributed by atoms with E-state index in [1.54, 1.807) is 0 Å². The zero-order chi connectivity index (χ0) is 13.4. The van der Waals surface area contributed by atoms with Crippen LogP contribution in [0.25, 0.3) is 0 Å². The van der Waals surface area contributed by atoms with Crippen molar-refractivity contribution in [2.45, 2.75) is 26.8 Å². The molecular weight excluding hydrogens is 228 g/mol. The highest BCUT2D eigenvalue weighted by Gasteiger charge is 2.09. The summed E-state index contributed by atoms with van der Waals surface area (Å²) in [5.41, 5.74) is 1.14. The summed E-state index contributed by atoms with van der Waals surface area (Å²) in [5, 5.41) is 6.12. The van der Waals surface area contributed by atoms with Crippen LogP contribution in [-0.2, 0) is 4.79 Å². The number of carbonyl (C=O) groups excluding carboxylic acids is 1. The molecule has 1 rings (SSSR count). The van der Waals surface area contributed by atoms with Crippen LogP contribution < -0.4 is 15.4 Å². The van der Waals surface area contributed by atoms with Crippen molar-refractivity contribution in [3.63, 3.8) is 0 Å². The molecule has 0 saturated carbocycles. The summed E-state index contributed by atoms with van der Waals surface area (Å²) in [7, 11) is 0. The van der Waals surface area contributed by atoms with Gasteiger partial charge in [-0.3, -0.25) is 4.79 Å². The lowest BCUT2D eigenvalue weighted by molar-refractivity contribution is -0.118. The number of rotatable bonds is 7. The lowest BCUT2D eigenvalue weighted by atomic mass is 10.1. The number of benzene rings is 1. The summed E-state index contributed by atoms with van der Waals surface area (Å²) in [6.07, 6.45) is 0. The van der Waals surface area contributed by atoms with Gasteiger partial charge in [-0.25, -0.2) is 0 Å². The van der Waals surface area contributed by atoms with E-state index < -0.39 is 0 Å². The molecular formula is C14H22N2O2. The minimum Gasteiger partial charge on any atom is -0.494 e. The maximum absolute atomic E-state index is 10.7. The van der Waals surface area contributed by atoms with Crippen LogP contribution in [-0.4, -0.2) is 25.6 Å². The Morgan fingerprint density at radius 3 is 2.72 bits per heavy atom. The fraction of sp³-hybridized carbons (Fsp3) is 0.500. The van der Waals surface area contributed by atoms with Gasteiger partial charge in [-0.05, 0) is 19.9 Å². The van der Waals surface area contributed by atoms with Crippen molar-refractivity contribution in [2.75, 3.05) is 19.7 Å². The molecule has 2 N–H and O–H groups in total. The summed E-state index contributed by atoms with van der Waals surface area (Å²) < 4.78 is 5.59. The van der Waals surface area contributed by atoms with Gasteiger partial charge in [0.15, 0.2) is 0 Å². The Labute approximate surface area is 109 Å². The normalized spacial score (nSPS) is 11.9. The summed E-state index contributed by atoms with van der Waals surface area (Å²) in [6.45, 7) is 7.62. The first kappa shape index (κ1) is 14.5. The molecule has 1 aromatic carbocycles. The molecule has 18 heavy (non-hydrogen) atoms. The van der Waals surface area contributed by atoms with E-state index in [9.17, 15) is 4.79 Å². The molecule has 0 aromatic heterocycles. The minimum atomic E-state index is -0.000769. The quantitative estimate of drug-likeness (QED) is 0.726. The minimum absolute atomic E-state index is 0.000769. The zero-order valence-electron chi connectivity index (χ0n) is 11.3. The van der Waals surface area contributed by atoms with E-state index in [2.05, 4.69) is 23.6 Å². The van der Waals surface area contributed by atoms with Crippen molar-refractivity contribution in [1.29, 1.82) is 0 Å². The number of nitrogens with one attached hydrogen (secondary N) is 2. The molecule has 1 aromatic rings. The monoisotopic (exact) mass is 250 g/mol. The zero-order valence-corrected chi connectivity index (χ0v) is 11.3. The van der Waals surface area contributed by atoms with E-state index in [0.29, 0.717) is 13.2 Å². The predicted octanol–water partition coefficient (Wildman–Crippen LogP) is 1.87. The number of amides is 1. The molecule has 4 nitrogen and oxygen atoms in total. The summed E-state index contributed by atoms with van der Waals surface area (Å²) in [5.74, 6) is 0.915. The van der Waals surface area contributed by atoms with E-state index in [1.165, 1.54) is 6.92 Å². The number of hydrogen-bond donors (Lipinski definition) is 2. The molecule has 0 spiro atoms. The lowest BCUT2D eigenvalue weighted by Crippen LogP contribution is -2.31. The Balaban J connectivity index is 2.50. The van der Waals surface area contributed by atoms with E-state index in [0.717, 1.165) is 17.9 Å². The molecule has 0 aliphatic heterocycles. The van der Waals surface area contributed by atoms with Gasteiger partial charge in [-0.1, -0.05) is 18.2 Å². The third kappa shape index (κ3) is 4.75. The molecule has 0 saturated heterocycles. The van der Waals surface area contributed by atoms with Crippen molar-refractivity contribution in [2.24, 2.45) is 0 Å². The molecule has 4 heteroatoms. The van der Waals surface area contributed by atoms with Crippen LogP contribution in [0.4, 0.5) is 0 Å². The van der Waals surface area contributed by atoms with Gasteiger partial charge in [0.05, 0.1) is 6.61 Å². The molecule has 0 bridgehead atoms. The molecule has 1 unspecified atom stereocenters. The molecule has 1 amide bonds. The average molecular weight is 250 g/mol. The Bertz CT molecular complexity index is 380. The first-order valence-electron chi connectivity index (χ1n) is 6.34. The first-order valence-corrected chi connectivity index (χ1v) is 6.34. The number of ether oxygens (including phenoxy) is 1. The van der Waals surface area contributed by atoms with Crippen LogP contribution in [0, 0.1) is 0 Å². The van der Waals surface area contributed by atoms with E-state index in [1.807, 2.05) is 25.1 Å². The average Bonchev–Trinajstić information content (AvgIpc) is 2.35. The predicted molar refractivity (Wildman–Crippen MR) is 72.7 cm³/mol. The van der Waals surface area contributed by atoms with Crippen molar-refractivity contribution in [1.82, 2.24) is 10.6 Å². The van der Waals surface area contributed by atoms with Crippen molar-refractivity contribution in [3.8, 4) is 5.75 Å². The third-order valence-corrected chi connectivity index (χ3v) is 2.63. The molecule has 100 valence electrons.